The van der Waals surface area contributed by atoms with Gasteiger partial charge >= 0.3 is 0 Å². The van der Waals surface area contributed by atoms with Crippen LogP contribution in [0, 0.1) is 11.3 Å². The van der Waals surface area contributed by atoms with E-state index in [1.807, 2.05) is 0 Å². The summed E-state index contributed by atoms with van der Waals surface area (Å²) in [6, 6.07) is 0.394. The monoisotopic (exact) mass is 318 g/mol. The molecule has 0 aromatic heterocycles. The molecule has 21 heavy (non-hydrogen) atoms. The van der Waals surface area contributed by atoms with E-state index in [2.05, 4.69) is 39.9 Å². The third-order valence-electron chi connectivity index (χ3n) is 4.35. The first-order valence-electron chi connectivity index (χ1n) is 8.37. The predicted octanol–water partition coefficient (Wildman–Crippen LogP) is 2.85. The summed E-state index contributed by atoms with van der Waals surface area (Å²) in [5.41, 5.74) is 0.0677. The summed E-state index contributed by atoms with van der Waals surface area (Å²) in [5.74, 6) is 0.717. The minimum Gasteiger partial charge on any atom is -0.314 e. The molecule has 0 aromatic rings. The van der Waals surface area contributed by atoms with Crippen LogP contribution in [0.25, 0.3) is 0 Å². The lowest BCUT2D eigenvalue weighted by Crippen LogP contribution is -2.47. The highest BCUT2D eigenvalue weighted by Gasteiger charge is 2.31. The SMILES string of the molecule is CCCNC(C)C1CCCN(S(=O)(=O)CCC(C)(C)C)C1. The predicted molar refractivity (Wildman–Crippen MR) is 89.9 cm³/mol. The summed E-state index contributed by atoms with van der Waals surface area (Å²) >= 11 is 0. The molecule has 1 saturated heterocycles. The first-order valence-corrected chi connectivity index (χ1v) is 9.98. The van der Waals surface area contributed by atoms with Crippen molar-refractivity contribution in [1.29, 1.82) is 0 Å². The van der Waals surface area contributed by atoms with E-state index in [0.29, 0.717) is 25.0 Å². The molecule has 0 saturated carbocycles. The number of piperidine rings is 1. The molecule has 1 N–H and O–H groups in total. The molecule has 126 valence electrons. The van der Waals surface area contributed by atoms with Gasteiger partial charge in [0.25, 0.3) is 0 Å². The fraction of sp³-hybridized carbons (Fsp3) is 1.00. The number of nitrogens with zero attached hydrogens (tertiary/aromatic N) is 1. The maximum atomic E-state index is 12.5. The highest BCUT2D eigenvalue weighted by molar-refractivity contribution is 7.89. The zero-order valence-corrected chi connectivity index (χ0v) is 15.3. The largest absolute Gasteiger partial charge is 0.314 e. The third-order valence-corrected chi connectivity index (χ3v) is 6.19. The number of sulfonamides is 1. The van der Waals surface area contributed by atoms with Gasteiger partial charge < -0.3 is 5.32 Å². The summed E-state index contributed by atoms with van der Waals surface area (Å²) in [5, 5.41) is 3.51. The average Bonchev–Trinajstić information content (AvgIpc) is 2.42. The van der Waals surface area contributed by atoms with Crippen molar-refractivity contribution in [3.05, 3.63) is 0 Å². The summed E-state index contributed by atoms with van der Waals surface area (Å²) in [6.07, 6.45) is 3.95. The van der Waals surface area contributed by atoms with Crippen molar-refractivity contribution in [2.24, 2.45) is 11.3 Å². The lowest BCUT2D eigenvalue weighted by molar-refractivity contribution is 0.223. The lowest BCUT2D eigenvalue weighted by atomic mass is 9.93. The molecule has 0 aromatic carbocycles. The third kappa shape index (κ3) is 6.66. The van der Waals surface area contributed by atoms with Crippen LogP contribution in [-0.2, 0) is 10.0 Å². The zero-order chi connectivity index (χ0) is 16.1. The Bertz CT molecular complexity index is 401. The quantitative estimate of drug-likeness (QED) is 0.785. The van der Waals surface area contributed by atoms with Crippen molar-refractivity contribution >= 4 is 10.0 Å². The Labute approximate surface area is 131 Å². The molecule has 5 heteroatoms. The Kier molecular flexibility index (Phi) is 7.14. The van der Waals surface area contributed by atoms with Gasteiger partial charge in [0.1, 0.15) is 0 Å². The molecule has 1 aliphatic rings. The van der Waals surface area contributed by atoms with Crippen LogP contribution in [-0.4, -0.2) is 44.2 Å². The van der Waals surface area contributed by atoms with E-state index in [1.165, 1.54) is 0 Å². The van der Waals surface area contributed by atoms with Gasteiger partial charge in [0.15, 0.2) is 0 Å². The van der Waals surface area contributed by atoms with Crippen LogP contribution >= 0.6 is 0 Å². The molecule has 0 radical (unpaired) electrons. The molecule has 2 atom stereocenters. The van der Waals surface area contributed by atoms with Gasteiger partial charge in [-0.05, 0) is 50.5 Å². The maximum absolute atomic E-state index is 12.5. The number of hydrogen-bond acceptors (Lipinski definition) is 3. The summed E-state index contributed by atoms with van der Waals surface area (Å²) in [6.45, 7) is 13.0. The second kappa shape index (κ2) is 7.93. The minimum absolute atomic E-state index is 0.0677. The molecule has 0 spiro atoms. The van der Waals surface area contributed by atoms with Crippen molar-refractivity contribution in [3.8, 4) is 0 Å². The van der Waals surface area contributed by atoms with Crippen LogP contribution < -0.4 is 5.32 Å². The van der Waals surface area contributed by atoms with Crippen LogP contribution in [0.4, 0.5) is 0 Å². The first-order chi connectivity index (χ1) is 9.65. The van der Waals surface area contributed by atoms with Crippen molar-refractivity contribution < 1.29 is 8.42 Å². The molecule has 2 unspecified atom stereocenters. The summed E-state index contributed by atoms with van der Waals surface area (Å²) in [4.78, 5) is 0. The van der Waals surface area contributed by atoms with Gasteiger partial charge in [-0.15, -0.1) is 0 Å². The molecule has 1 aliphatic heterocycles. The van der Waals surface area contributed by atoms with Crippen LogP contribution in [0.3, 0.4) is 0 Å². The Balaban J connectivity index is 2.58. The van der Waals surface area contributed by atoms with Gasteiger partial charge in [-0.2, -0.15) is 0 Å². The molecular weight excluding hydrogens is 284 g/mol. The Morgan fingerprint density at radius 1 is 1.33 bits per heavy atom. The molecule has 1 rings (SSSR count). The molecule has 0 bridgehead atoms. The van der Waals surface area contributed by atoms with Crippen molar-refractivity contribution in [2.45, 2.75) is 66.3 Å². The van der Waals surface area contributed by atoms with E-state index in [0.717, 1.165) is 32.2 Å². The summed E-state index contributed by atoms with van der Waals surface area (Å²) in [7, 11) is -3.10. The molecule has 1 heterocycles. The van der Waals surface area contributed by atoms with E-state index in [-0.39, 0.29) is 11.2 Å². The van der Waals surface area contributed by atoms with Gasteiger partial charge in [0.2, 0.25) is 10.0 Å². The van der Waals surface area contributed by atoms with Crippen molar-refractivity contribution in [3.63, 3.8) is 0 Å². The van der Waals surface area contributed by atoms with E-state index in [9.17, 15) is 8.42 Å². The molecule has 1 fully saturated rings. The normalized spacial score (nSPS) is 23.2. The van der Waals surface area contributed by atoms with Crippen LogP contribution in [0.15, 0.2) is 0 Å². The van der Waals surface area contributed by atoms with E-state index in [4.69, 9.17) is 0 Å². The molecule has 4 nitrogen and oxygen atoms in total. The zero-order valence-electron chi connectivity index (χ0n) is 14.5. The fourth-order valence-electron chi connectivity index (χ4n) is 2.74. The second-order valence-electron chi connectivity index (χ2n) is 7.63. The number of nitrogens with one attached hydrogen (secondary N) is 1. The van der Waals surface area contributed by atoms with Gasteiger partial charge in [-0.1, -0.05) is 27.7 Å². The highest BCUT2D eigenvalue weighted by atomic mass is 32.2. The van der Waals surface area contributed by atoms with Crippen LogP contribution in [0.5, 0.6) is 0 Å². The van der Waals surface area contributed by atoms with Crippen molar-refractivity contribution in [2.75, 3.05) is 25.4 Å². The average molecular weight is 319 g/mol. The van der Waals surface area contributed by atoms with Crippen LogP contribution in [0.2, 0.25) is 0 Å². The topological polar surface area (TPSA) is 49.4 Å². The standard InChI is InChI=1S/C16H34N2O2S/c1-6-10-17-14(2)15-8-7-11-18(13-15)21(19,20)12-9-16(3,4)5/h14-15,17H,6-13H2,1-5H3. The number of hydrogen-bond donors (Lipinski definition) is 1. The van der Waals surface area contributed by atoms with E-state index >= 15 is 0 Å². The molecule has 0 aliphatic carbocycles. The Morgan fingerprint density at radius 3 is 2.57 bits per heavy atom. The van der Waals surface area contributed by atoms with Crippen molar-refractivity contribution in [1.82, 2.24) is 9.62 Å². The Morgan fingerprint density at radius 2 is 2.00 bits per heavy atom. The number of rotatable bonds is 7. The first kappa shape index (κ1) is 18.9. The lowest BCUT2D eigenvalue weighted by Gasteiger charge is -2.35. The second-order valence-corrected chi connectivity index (χ2v) is 9.72. The smallest absolute Gasteiger partial charge is 0.214 e. The van der Waals surface area contributed by atoms with Gasteiger partial charge in [0.05, 0.1) is 5.75 Å². The molecule has 0 amide bonds. The fourth-order valence-corrected chi connectivity index (χ4v) is 4.69. The van der Waals surface area contributed by atoms with E-state index < -0.39 is 10.0 Å². The van der Waals surface area contributed by atoms with Crippen LogP contribution in [0.1, 0.15) is 60.3 Å². The Hall–Kier alpha value is -0.130. The van der Waals surface area contributed by atoms with Gasteiger partial charge in [-0.25, -0.2) is 12.7 Å². The van der Waals surface area contributed by atoms with Gasteiger partial charge in [-0.3, -0.25) is 0 Å². The highest BCUT2D eigenvalue weighted by Crippen LogP contribution is 2.25. The van der Waals surface area contributed by atoms with Gasteiger partial charge in [0, 0.05) is 19.1 Å². The molecular formula is C16H34N2O2S. The summed E-state index contributed by atoms with van der Waals surface area (Å²) < 4.78 is 26.8. The minimum atomic E-state index is -3.10. The maximum Gasteiger partial charge on any atom is 0.214 e. The van der Waals surface area contributed by atoms with E-state index in [1.54, 1.807) is 4.31 Å².